The molecule has 4 rings (SSSR count). The van der Waals surface area contributed by atoms with Crippen LogP contribution in [0.2, 0.25) is 5.02 Å². The zero-order chi connectivity index (χ0) is 21.4. The number of rotatable bonds is 5. The summed E-state index contributed by atoms with van der Waals surface area (Å²) >= 11 is 5.92. The van der Waals surface area contributed by atoms with Crippen LogP contribution in [0.5, 0.6) is 5.75 Å². The molecule has 1 aromatic carbocycles. The van der Waals surface area contributed by atoms with Gasteiger partial charge in [-0.05, 0) is 35.4 Å². The molecule has 4 aromatic rings. The average Bonchev–Trinajstić information content (AvgIpc) is 2.94. The molecule has 3 heterocycles. The van der Waals surface area contributed by atoms with Crippen LogP contribution in [-0.4, -0.2) is 25.7 Å². The second kappa shape index (κ2) is 7.83. The van der Waals surface area contributed by atoms with Crippen LogP contribution in [-0.2, 0) is 13.6 Å². The van der Waals surface area contributed by atoms with Crippen molar-refractivity contribution in [1.29, 1.82) is 0 Å². The number of ether oxygens (including phenoxy) is 1. The first kappa shape index (κ1) is 20.0. The number of fused-ring (bicyclic) bond motifs is 1. The Morgan fingerprint density at radius 2 is 1.93 bits per heavy atom. The third-order valence-corrected chi connectivity index (χ3v) is 4.87. The maximum absolute atomic E-state index is 13.5. The zero-order valence-corrected chi connectivity index (χ0v) is 16.3. The molecule has 30 heavy (non-hydrogen) atoms. The molecule has 0 bridgehead atoms. The summed E-state index contributed by atoms with van der Waals surface area (Å²) in [5.74, 6) is -0.673. The Bertz CT molecular complexity index is 1300. The molecule has 0 saturated carbocycles. The molecule has 0 radical (unpaired) electrons. The van der Waals surface area contributed by atoms with E-state index in [0.717, 1.165) is 6.20 Å². The van der Waals surface area contributed by atoms with Crippen molar-refractivity contribution in [3.05, 3.63) is 75.8 Å². The SMILES string of the molecule is Cn1c(=O)n(Cc2cncc(F)c2)c2cc(-c3ccc(Cl)c(OC(F)F)c3)cnc21. The maximum atomic E-state index is 13.5. The lowest BCUT2D eigenvalue weighted by Gasteiger charge is -2.09. The Balaban J connectivity index is 1.82. The van der Waals surface area contributed by atoms with Crippen molar-refractivity contribution in [3.8, 4) is 16.9 Å². The van der Waals surface area contributed by atoms with E-state index >= 15 is 0 Å². The van der Waals surface area contributed by atoms with Gasteiger partial charge in [0.05, 0.1) is 23.3 Å². The van der Waals surface area contributed by atoms with Crippen molar-refractivity contribution >= 4 is 22.8 Å². The molecule has 3 aromatic heterocycles. The molecule has 154 valence electrons. The van der Waals surface area contributed by atoms with Gasteiger partial charge in [0.25, 0.3) is 0 Å². The van der Waals surface area contributed by atoms with Gasteiger partial charge in [0.15, 0.2) is 5.65 Å². The quantitative estimate of drug-likeness (QED) is 0.471. The van der Waals surface area contributed by atoms with Gasteiger partial charge in [-0.2, -0.15) is 8.78 Å². The van der Waals surface area contributed by atoms with Gasteiger partial charge >= 0.3 is 12.3 Å². The Labute approximate surface area is 173 Å². The van der Waals surface area contributed by atoms with Crippen LogP contribution in [0.4, 0.5) is 13.2 Å². The monoisotopic (exact) mass is 434 g/mol. The normalized spacial score (nSPS) is 11.4. The molecule has 0 aliphatic carbocycles. The predicted octanol–water partition coefficient (Wildman–Crippen LogP) is 4.24. The molecule has 6 nitrogen and oxygen atoms in total. The van der Waals surface area contributed by atoms with Crippen molar-refractivity contribution < 1.29 is 17.9 Å². The van der Waals surface area contributed by atoms with Crippen molar-refractivity contribution in [3.63, 3.8) is 0 Å². The molecule has 0 unspecified atom stereocenters. The van der Waals surface area contributed by atoms with E-state index in [2.05, 4.69) is 14.7 Å². The van der Waals surface area contributed by atoms with Crippen LogP contribution < -0.4 is 10.4 Å². The van der Waals surface area contributed by atoms with Crippen LogP contribution in [0.15, 0.2) is 53.7 Å². The smallest absolute Gasteiger partial charge is 0.387 e. The molecular formula is C20H14ClF3N4O2. The lowest BCUT2D eigenvalue weighted by molar-refractivity contribution is -0.0497. The first-order valence-electron chi connectivity index (χ1n) is 8.73. The lowest BCUT2D eigenvalue weighted by Crippen LogP contribution is -2.22. The Kier molecular flexibility index (Phi) is 5.21. The summed E-state index contributed by atoms with van der Waals surface area (Å²) in [5, 5.41) is 0.0447. The van der Waals surface area contributed by atoms with E-state index in [1.165, 1.54) is 39.7 Å². The number of hydrogen-bond acceptors (Lipinski definition) is 4. The highest BCUT2D eigenvalue weighted by Gasteiger charge is 2.15. The number of imidazole rings is 1. The molecule has 0 amide bonds. The summed E-state index contributed by atoms with van der Waals surface area (Å²) in [6.45, 7) is -2.93. The van der Waals surface area contributed by atoms with Gasteiger partial charge in [0.1, 0.15) is 11.6 Å². The summed E-state index contributed by atoms with van der Waals surface area (Å²) in [6.07, 6.45) is 4.07. The minimum Gasteiger partial charge on any atom is -0.433 e. The second-order valence-corrected chi connectivity index (χ2v) is 6.94. The third kappa shape index (κ3) is 3.76. The number of nitrogens with zero attached hydrogens (tertiary/aromatic N) is 4. The van der Waals surface area contributed by atoms with E-state index in [-0.39, 0.29) is 23.0 Å². The molecule has 10 heteroatoms. The topological polar surface area (TPSA) is 61.9 Å². The lowest BCUT2D eigenvalue weighted by atomic mass is 10.1. The van der Waals surface area contributed by atoms with Crippen LogP contribution in [0.25, 0.3) is 22.3 Å². The summed E-state index contributed by atoms with van der Waals surface area (Å²) in [5.41, 5.74) is 2.18. The summed E-state index contributed by atoms with van der Waals surface area (Å²) < 4.78 is 46.0. The fraction of sp³-hybridized carbons (Fsp3) is 0.150. The maximum Gasteiger partial charge on any atom is 0.387 e. The van der Waals surface area contributed by atoms with Crippen molar-refractivity contribution in [2.75, 3.05) is 0 Å². The Morgan fingerprint density at radius 1 is 1.13 bits per heavy atom. The van der Waals surface area contributed by atoms with Gasteiger partial charge in [-0.25, -0.2) is 14.2 Å². The second-order valence-electron chi connectivity index (χ2n) is 6.53. The number of pyridine rings is 2. The number of hydrogen-bond donors (Lipinski definition) is 0. The average molecular weight is 435 g/mol. The van der Waals surface area contributed by atoms with E-state index < -0.39 is 12.4 Å². The summed E-state index contributed by atoms with van der Waals surface area (Å²) in [7, 11) is 1.58. The van der Waals surface area contributed by atoms with Gasteiger partial charge in [0, 0.05) is 25.0 Å². The van der Waals surface area contributed by atoms with Crippen LogP contribution in [0.1, 0.15) is 5.56 Å². The first-order chi connectivity index (χ1) is 14.3. The summed E-state index contributed by atoms with van der Waals surface area (Å²) in [6, 6.07) is 7.44. The van der Waals surface area contributed by atoms with E-state index in [9.17, 15) is 18.0 Å². The molecule has 0 fully saturated rings. The van der Waals surface area contributed by atoms with E-state index in [0.29, 0.717) is 27.9 Å². The minimum atomic E-state index is -3.02. The number of alkyl halides is 2. The van der Waals surface area contributed by atoms with Gasteiger partial charge in [-0.1, -0.05) is 17.7 Å². The van der Waals surface area contributed by atoms with E-state index in [1.807, 2.05) is 0 Å². The van der Waals surface area contributed by atoms with E-state index in [1.54, 1.807) is 19.2 Å². The standard InChI is InChI=1S/C20H14ClF3N4O2/c1-27-18-16(28(20(27)29)10-11-4-14(22)9-25-7-11)5-13(8-26-18)12-2-3-15(21)17(6-12)30-19(23)24/h2-9,19H,10H2,1H3. The molecular weight excluding hydrogens is 421 g/mol. The molecule has 0 spiro atoms. The highest BCUT2D eigenvalue weighted by molar-refractivity contribution is 6.32. The predicted molar refractivity (Wildman–Crippen MR) is 105 cm³/mol. The van der Waals surface area contributed by atoms with Crippen molar-refractivity contribution in [2.24, 2.45) is 7.05 Å². The summed E-state index contributed by atoms with van der Waals surface area (Å²) in [4.78, 5) is 20.8. The number of aromatic nitrogens is 4. The Morgan fingerprint density at radius 3 is 2.67 bits per heavy atom. The van der Waals surface area contributed by atoms with E-state index in [4.69, 9.17) is 11.6 Å². The Hall–Kier alpha value is -3.33. The fourth-order valence-electron chi connectivity index (χ4n) is 3.18. The fourth-order valence-corrected chi connectivity index (χ4v) is 3.34. The number of benzene rings is 1. The van der Waals surface area contributed by atoms with Crippen molar-refractivity contribution in [2.45, 2.75) is 13.2 Å². The van der Waals surface area contributed by atoms with Gasteiger partial charge in [0.2, 0.25) is 0 Å². The zero-order valence-electron chi connectivity index (χ0n) is 15.5. The highest BCUT2D eigenvalue weighted by atomic mass is 35.5. The highest BCUT2D eigenvalue weighted by Crippen LogP contribution is 2.32. The first-order valence-corrected chi connectivity index (χ1v) is 9.10. The molecule has 0 N–H and O–H groups in total. The molecule has 0 saturated heterocycles. The van der Waals surface area contributed by atoms with Crippen LogP contribution in [0.3, 0.4) is 0 Å². The number of halogens is 4. The largest absolute Gasteiger partial charge is 0.433 e. The number of aryl methyl sites for hydroxylation is 1. The molecule has 0 atom stereocenters. The minimum absolute atomic E-state index is 0.0447. The third-order valence-electron chi connectivity index (χ3n) is 4.56. The van der Waals surface area contributed by atoms with Gasteiger partial charge in [-0.15, -0.1) is 0 Å². The molecule has 0 aliphatic heterocycles. The van der Waals surface area contributed by atoms with Crippen LogP contribution >= 0.6 is 11.6 Å². The van der Waals surface area contributed by atoms with Gasteiger partial charge < -0.3 is 4.74 Å². The van der Waals surface area contributed by atoms with Gasteiger partial charge in [-0.3, -0.25) is 14.1 Å². The van der Waals surface area contributed by atoms with Crippen LogP contribution in [0, 0.1) is 5.82 Å². The van der Waals surface area contributed by atoms with Crippen molar-refractivity contribution in [1.82, 2.24) is 19.1 Å². The molecule has 0 aliphatic rings.